The third-order valence-corrected chi connectivity index (χ3v) is 9.26. The van der Waals surface area contributed by atoms with Crippen LogP contribution < -0.4 is 14.4 Å². The molecular formula is C30H34Cl3N3O5S. The smallest absolute Gasteiger partial charge is 0.264 e. The van der Waals surface area contributed by atoms with Crippen LogP contribution in [0.4, 0.5) is 5.69 Å². The molecule has 42 heavy (non-hydrogen) atoms. The summed E-state index contributed by atoms with van der Waals surface area (Å²) in [6, 6.07) is 14.6. The van der Waals surface area contributed by atoms with Crippen molar-refractivity contribution in [3.8, 4) is 5.75 Å². The molecule has 0 aliphatic heterocycles. The lowest BCUT2D eigenvalue weighted by molar-refractivity contribution is -0.139. The Kier molecular flexibility index (Phi) is 11.5. The summed E-state index contributed by atoms with van der Waals surface area (Å²) in [5.41, 5.74) is 1.35. The fourth-order valence-electron chi connectivity index (χ4n) is 4.10. The molecule has 0 saturated heterocycles. The average molecular weight is 655 g/mol. The first-order valence-corrected chi connectivity index (χ1v) is 15.8. The van der Waals surface area contributed by atoms with Crippen molar-refractivity contribution in [2.45, 2.75) is 45.2 Å². The molecule has 1 N–H and O–H groups in total. The largest absolute Gasteiger partial charge is 0.495 e. The first-order valence-electron chi connectivity index (χ1n) is 13.2. The molecule has 226 valence electrons. The van der Waals surface area contributed by atoms with E-state index in [-0.39, 0.29) is 33.8 Å². The highest BCUT2D eigenvalue weighted by Crippen LogP contribution is 2.35. The first kappa shape index (κ1) is 33.5. The molecule has 8 nitrogen and oxygen atoms in total. The summed E-state index contributed by atoms with van der Waals surface area (Å²) in [6.45, 7) is 6.88. The number of amides is 2. The minimum absolute atomic E-state index is 0.0358. The zero-order valence-corrected chi connectivity index (χ0v) is 27.1. The summed E-state index contributed by atoms with van der Waals surface area (Å²) < 4.78 is 34.5. The summed E-state index contributed by atoms with van der Waals surface area (Å²) >= 11 is 19.1. The first-order chi connectivity index (χ1) is 19.8. The Morgan fingerprint density at radius 1 is 0.952 bits per heavy atom. The summed E-state index contributed by atoms with van der Waals surface area (Å²) in [7, 11) is -2.92. The summed E-state index contributed by atoms with van der Waals surface area (Å²) in [5, 5.41) is 3.68. The van der Waals surface area contributed by atoms with E-state index >= 15 is 0 Å². The topological polar surface area (TPSA) is 96.0 Å². The van der Waals surface area contributed by atoms with Crippen molar-refractivity contribution < 1.29 is 22.7 Å². The Morgan fingerprint density at radius 2 is 1.57 bits per heavy atom. The predicted molar refractivity (Wildman–Crippen MR) is 168 cm³/mol. The molecular weight excluding hydrogens is 621 g/mol. The molecule has 0 saturated carbocycles. The number of hydrogen-bond acceptors (Lipinski definition) is 5. The van der Waals surface area contributed by atoms with Gasteiger partial charge in [-0.25, -0.2) is 8.42 Å². The number of nitrogens with zero attached hydrogens (tertiary/aromatic N) is 2. The number of sulfonamides is 1. The van der Waals surface area contributed by atoms with Gasteiger partial charge in [-0.3, -0.25) is 13.9 Å². The maximum Gasteiger partial charge on any atom is 0.264 e. The Hall–Kier alpha value is -2.98. The van der Waals surface area contributed by atoms with E-state index in [2.05, 4.69) is 5.32 Å². The zero-order valence-electron chi connectivity index (χ0n) is 24.0. The van der Waals surface area contributed by atoms with Crippen LogP contribution in [0.5, 0.6) is 5.75 Å². The molecule has 0 spiro atoms. The molecule has 0 bridgehead atoms. The maximum absolute atomic E-state index is 14.1. The molecule has 2 amide bonds. The van der Waals surface area contributed by atoms with E-state index in [1.165, 1.54) is 36.3 Å². The van der Waals surface area contributed by atoms with E-state index in [4.69, 9.17) is 39.5 Å². The van der Waals surface area contributed by atoms with E-state index in [1.807, 2.05) is 20.8 Å². The van der Waals surface area contributed by atoms with Crippen LogP contribution in [0, 0.1) is 12.8 Å². The third kappa shape index (κ3) is 8.10. The average Bonchev–Trinajstić information content (AvgIpc) is 2.94. The number of anilines is 1. The lowest BCUT2D eigenvalue weighted by atomic mass is 10.1. The molecule has 3 aromatic carbocycles. The SMILES string of the molecule is COc1ccc(Cl)cc1N(CC(=O)N(Cc1c(Cl)cccc1Cl)C(C)C(=O)NCC(C)C)S(=O)(=O)c1ccc(C)cc1. The monoisotopic (exact) mass is 653 g/mol. The van der Waals surface area contributed by atoms with E-state index in [0.29, 0.717) is 22.2 Å². The molecule has 1 unspecified atom stereocenters. The van der Waals surface area contributed by atoms with Crippen molar-refractivity contribution in [2.75, 3.05) is 24.5 Å². The molecule has 0 radical (unpaired) electrons. The van der Waals surface area contributed by atoms with Crippen LogP contribution in [-0.2, 0) is 26.2 Å². The number of carbonyl (C=O) groups excluding carboxylic acids is 2. The Labute approximate surface area is 262 Å². The second kappa shape index (κ2) is 14.5. The van der Waals surface area contributed by atoms with Gasteiger partial charge < -0.3 is 15.0 Å². The van der Waals surface area contributed by atoms with E-state index < -0.39 is 34.4 Å². The number of rotatable bonds is 12. The van der Waals surface area contributed by atoms with Crippen LogP contribution in [0.15, 0.2) is 65.6 Å². The van der Waals surface area contributed by atoms with Gasteiger partial charge in [0.05, 0.1) is 17.7 Å². The maximum atomic E-state index is 14.1. The summed E-state index contributed by atoms with van der Waals surface area (Å²) in [5.74, 6) is -0.718. The minimum atomic E-state index is -4.31. The number of ether oxygens (including phenoxy) is 1. The highest BCUT2D eigenvalue weighted by Gasteiger charge is 2.34. The highest BCUT2D eigenvalue weighted by atomic mass is 35.5. The van der Waals surface area contributed by atoms with Crippen molar-refractivity contribution in [1.29, 1.82) is 0 Å². The lowest BCUT2D eigenvalue weighted by Gasteiger charge is -2.33. The lowest BCUT2D eigenvalue weighted by Crippen LogP contribution is -2.51. The highest BCUT2D eigenvalue weighted by molar-refractivity contribution is 7.92. The third-order valence-electron chi connectivity index (χ3n) is 6.54. The Bertz CT molecular complexity index is 1510. The van der Waals surface area contributed by atoms with Crippen molar-refractivity contribution in [3.63, 3.8) is 0 Å². The molecule has 1 atom stereocenters. The Balaban J connectivity index is 2.12. The molecule has 0 fully saturated rings. The van der Waals surface area contributed by atoms with Crippen molar-refractivity contribution in [2.24, 2.45) is 5.92 Å². The number of halogens is 3. The second-order valence-electron chi connectivity index (χ2n) is 10.2. The van der Waals surface area contributed by atoms with Gasteiger partial charge in [-0.1, -0.05) is 72.4 Å². The van der Waals surface area contributed by atoms with Gasteiger partial charge in [0.1, 0.15) is 18.3 Å². The number of carbonyl (C=O) groups is 2. The van der Waals surface area contributed by atoms with Crippen LogP contribution in [0.25, 0.3) is 0 Å². The quantitative estimate of drug-likeness (QED) is 0.246. The zero-order chi connectivity index (χ0) is 31.2. The molecule has 0 aliphatic carbocycles. The number of hydrogen-bond donors (Lipinski definition) is 1. The van der Waals surface area contributed by atoms with Crippen LogP contribution in [0.3, 0.4) is 0 Å². The standard InChI is InChI=1S/C30H34Cl3N3O5S/c1-19(2)16-34-30(38)21(4)35(17-24-25(32)7-6-8-26(24)33)29(37)18-36(27-15-22(31)11-14-28(27)41-5)42(39,40)23-12-9-20(3)10-13-23/h6-15,19,21H,16-18H2,1-5H3,(H,34,38). The van der Waals surface area contributed by atoms with Gasteiger partial charge in [0, 0.05) is 33.7 Å². The van der Waals surface area contributed by atoms with Crippen molar-refractivity contribution in [3.05, 3.63) is 86.9 Å². The van der Waals surface area contributed by atoms with Gasteiger partial charge in [0.15, 0.2) is 0 Å². The van der Waals surface area contributed by atoms with Crippen molar-refractivity contribution >= 4 is 62.3 Å². The van der Waals surface area contributed by atoms with Crippen molar-refractivity contribution in [1.82, 2.24) is 10.2 Å². The van der Waals surface area contributed by atoms with E-state index in [1.54, 1.807) is 43.3 Å². The predicted octanol–water partition coefficient (Wildman–Crippen LogP) is 6.35. The summed E-state index contributed by atoms with van der Waals surface area (Å²) in [6.07, 6.45) is 0. The number of aryl methyl sites for hydroxylation is 1. The minimum Gasteiger partial charge on any atom is -0.495 e. The second-order valence-corrected chi connectivity index (χ2v) is 13.3. The van der Waals surface area contributed by atoms with Crippen LogP contribution in [0.1, 0.15) is 31.9 Å². The van der Waals surface area contributed by atoms with Gasteiger partial charge in [-0.15, -0.1) is 0 Å². The van der Waals surface area contributed by atoms with E-state index in [0.717, 1.165) is 9.87 Å². The van der Waals surface area contributed by atoms with Gasteiger partial charge in [0.2, 0.25) is 11.8 Å². The fraction of sp³-hybridized carbons (Fsp3) is 0.333. The molecule has 0 heterocycles. The van der Waals surface area contributed by atoms with Crippen LogP contribution in [-0.4, -0.2) is 51.4 Å². The van der Waals surface area contributed by atoms with Crippen LogP contribution >= 0.6 is 34.8 Å². The van der Waals surface area contributed by atoms with Gasteiger partial charge in [-0.2, -0.15) is 0 Å². The Morgan fingerprint density at radius 3 is 2.14 bits per heavy atom. The molecule has 0 aromatic heterocycles. The van der Waals surface area contributed by atoms with Gasteiger partial charge in [0.25, 0.3) is 10.0 Å². The normalized spacial score (nSPS) is 12.1. The van der Waals surface area contributed by atoms with E-state index in [9.17, 15) is 18.0 Å². The number of nitrogens with one attached hydrogen (secondary N) is 1. The number of methoxy groups -OCH3 is 1. The molecule has 3 rings (SSSR count). The summed E-state index contributed by atoms with van der Waals surface area (Å²) in [4.78, 5) is 28.5. The van der Waals surface area contributed by atoms with Gasteiger partial charge in [-0.05, 0) is 62.2 Å². The molecule has 12 heteroatoms. The molecule has 3 aromatic rings. The van der Waals surface area contributed by atoms with Gasteiger partial charge >= 0.3 is 0 Å². The molecule has 0 aliphatic rings. The fourth-order valence-corrected chi connectivity index (χ4v) is 6.20. The van der Waals surface area contributed by atoms with Crippen LogP contribution in [0.2, 0.25) is 15.1 Å². The number of benzene rings is 3.